The summed E-state index contributed by atoms with van der Waals surface area (Å²) in [6.45, 7) is 9.91. The number of carbonyl (C=O) groups excluding carboxylic acids is 1. The Kier molecular flexibility index (Phi) is 8.58. The second kappa shape index (κ2) is 12.6. The van der Waals surface area contributed by atoms with Gasteiger partial charge in [0.05, 0.1) is 46.1 Å². The number of halogens is 1. The third kappa shape index (κ3) is 5.87. The number of pyridine rings is 1. The molecule has 2 aliphatic heterocycles. The number of nitrogens with zero attached hydrogens (tertiary/aromatic N) is 6. The molecule has 0 spiro atoms. The lowest BCUT2D eigenvalue weighted by Gasteiger charge is -2.42. The smallest absolute Gasteiger partial charge is 0.410 e. The molecule has 264 valence electrons. The van der Waals surface area contributed by atoms with Crippen molar-refractivity contribution in [3.8, 4) is 17.0 Å². The predicted molar refractivity (Wildman–Crippen MR) is 188 cm³/mol. The quantitative estimate of drug-likeness (QED) is 0.137. The van der Waals surface area contributed by atoms with E-state index < -0.39 is 15.4 Å². The summed E-state index contributed by atoms with van der Waals surface area (Å²) in [5.74, 6) is 0.465. The fraction of sp³-hybridized carbons (Fsp3) is 0.444. The van der Waals surface area contributed by atoms with Crippen LogP contribution in [0.25, 0.3) is 38.4 Å². The van der Waals surface area contributed by atoms with Gasteiger partial charge in [-0.1, -0.05) is 19.9 Å². The second-order valence-electron chi connectivity index (χ2n) is 13.8. The molecule has 2 atom stereocenters. The van der Waals surface area contributed by atoms with E-state index in [2.05, 4.69) is 9.88 Å². The highest BCUT2D eigenvalue weighted by Gasteiger charge is 2.45. The minimum absolute atomic E-state index is 0.0136. The topological polar surface area (TPSA) is 128 Å². The molecular weight excluding hydrogens is 663 g/mol. The molecule has 0 N–H and O–H groups in total. The van der Waals surface area contributed by atoms with Crippen LogP contribution < -0.4 is 9.64 Å². The van der Waals surface area contributed by atoms with Crippen molar-refractivity contribution in [3.63, 3.8) is 0 Å². The van der Waals surface area contributed by atoms with Gasteiger partial charge >= 0.3 is 6.09 Å². The molecule has 3 aromatic heterocycles. The maximum Gasteiger partial charge on any atom is 0.410 e. The molecule has 0 saturated carbocycles. The molecule has 14 heteroatoms. The number of ether oxygens (including phenoxy) is 3. The standard InChI is InChI=1S/C36H41FN6O6S/c1-7-25-27(37)12-9-21-15-24(48-20-47-6)16-26(31(21)25)30-17-28-32(29-13-14-38-43(29)30)33(40-34(39-28)50(45,46)8-2)41-18-22-10-11-23(19-41)42(22)35(44)49-36(3,4)5/h9,12-17,22-23H,7-8,10-11,18-20H2,1-6H3. The van der Waals surface area contributed by atoms with Crippen LogP contribution in [0.5, 0.6) is 5.75 Å². The predicted octanol–water partition coefficient (Wildman–Crippen LogP) is 6.16. The molecular formula is C36H41FN6O6S. The van der Waals surface area contributed by atoms with Crippen LogP contribution in [0.4, 0.5) is 15.0 Å². The lowest BCUT2D eigenvalue weighted by atomic mass is 9.94. The molecule has 5 aromatic rings. The summed E-state index contributed by atoms with van der Waals surface area (Å²) in [4.78, 5) is 26.5. The Morgan fingerprint density at radius 2 is 1.76 bits per heavy atom. The van der Waals surface area contributed by atoms with Crippen molar-refractivity contribution in [1.29, 1.82) is 0 Å². The van der Waals surface area contributed by atoms with Gasteiger partial charge in [-0.3, -0.25) is 4.90 Å². The van der Waals surface area contributed by atoms with Gasteiger partial charge in [0.2, 0.25) is 15.0 Å². The molecule has 7 rings (SSSR count). The summed E-state index contributed by atoms with van der Waals surface area (Å²) >= 11 is 0. The van der Waals surface area contributed by atoms with Gasteiger partial charge in [0.15, 0.2) is 6.79 Å². The fourth-order valence-electron chi connectivity index (χ4n) is 7.29. The maximum atomic E-state index is 15.3. The van der Waals surface area contributed by atoms with Gasteiger partial charge in [0.25, 0.3) is 0 Å². The van der Waals surface area contributed by atoms with E-state index in [1.54, 1.807) is 29.8 Å². The molecule has 50 heavy (non-hydrogen) atoms. The van der Waals surface area contributed by atoms with Gasteiger partial charge in [-0.2, -0.15) is 5.10 Å². The van der Waals surface area contributed by atoms with Crippen molar-refractivity contribution in [3.05, 3.63) is 54.0 Å². The average Bonchev–Trinajstić information content (AvgIpc) is 3.67. The van der Waals surface area contributed by atoms with Crippen molar-refractivity contribution in [1.82, 2.24) is 24.5 Å². The molecule has 2 aliphatic rings. The summed E-state index contributed by atoms with van der Waals surface area (Å²) in [5, 5.41) is 6.52. The van der Waals surface area contributed by atoms with E-state index in [4.69, 9.17) is 24.3 Å². The molecule has 12 nitrogen and oxygen atoms in total. The van der Waals surface area contributed by atoms with Crippen molar-refractivity contribution < 1.29 is 31.8 Å². The minimum Gasteiger partial charge on any atom is -0.468 e. The third-order valence-electron chi connectivity index (χ3n) is 9.46. The molecule has 1 amide bonds. The first-order chi connectivity index (χ1) is 23.8. The zero-order chi connectivity index (χ0) is 35.5. The molecule has 5 heterocycles. The lowest BCUT2D eigenvalue weighted by Crippen LogP contribution is -2.57. The van der Waals surface area contributed by atoms with Crippen LogP contribution in [0.2, 0.25) is 0 Å². The van der Waals surface area contributed by atoms with E-state index in [1.165, 1.54) is 13.2 Å². The fourth-order valence-corrected chi connectivity index (χ4v) is 8.02. The molecule has 2 fully saturated rings. The van der Waals surface area contributed by atoms with Crippen molar-refractivity contribution in [2.75, 3.05) is 37.6 Å². The number of hydrogen-bond acceptors (Lipinski definition) is 10. The van der Waals surface area contributed by atoms with Crippen LogP contribution in [-0.2, 0) is 25.7 Å². The van der Waals surface area contributed by atoms with Crippen molar-refractivity contribution >= 4 is 48.9 Å². The monoisotopic (exact) mass is 704 g/mol. The molecule has 0 radical (unpaired) electrons. The number of aromatic nitrogens is 4. The summed E-state index contributed by atoms with van der Waals surface area (Å²) < 4.78 is 60.7. The Morgan fingerprint density at radius 1 is 1.02 bits per heavy atom. The number of sulfone groups is 1. The highest BCUT2D eigenvalue weighted by atomic mass is 32.2. The summed E-state index contributed by atoms with van der Waals surface area (Å²) in [6, 6.07) is 10.2. The Labute approximate surface area is 290 Å². The van der Waals surface area contributed by atoms with Crippen molar-refractivity contribution in [2.45, 2.75) is 76.7 Å². The largest absolute Gasteiger partial charge is 0.468 e. The Bertz CT molecular complexity index is 2240. The third-order valence-corrected chi connectivity index (χ3v) is 11.0. The number of anilines is 1. The van der Waals surface area contributed by atoms with E-state index in [9.17, 15) is 13.2 Å². The minimum atomic E-state index is -3.83. The Balaban J connectivity index is 1.45. The Hall–Kier alpha value is -4.56. The van der Waals surface area contributed by atoms with E-state index in [0.29, 0.717) is 69.7 Å². The molecule has 0 aliphatic carbocycles. The number of benzene rings is 2. The van der Waals surface area contributed by atoms with Crippen LogP contribution >= 0.6 is 0 Å². The molecule has 2 bridgehead atoms. The first-order valence-electron chi connectivity index (χ1n) is 16.9. The number of hydrogen-bond donors (Lipinski definition) is 0. The van der Waals surface area contributed by atoms with E-state index in [0.717, 1.165) is 18.2 Å². The first kappa shape index (κ1) is 33.9. The number of aryl methyl sites for hydroxylation is 1. The SMILES string of the molecule is CCc1c(F)ccc2cc(OCOC)cc(-c3cc4nc(S(=O)(=O)CC)nc(N5CC6CCC(C5)N6C(=O)OC(C)(C)C)c4c4ccnn34)c12. The van der Waals surface area contributed by atoms with Crippen LogP contribution in [-0.4, -0.2) is 89.4 Å². The molecule has 2 aromatic carbocycles. The highest BCUT2D eigenvalue weighted by Crippen LogP contribution is 2.41. The number of fused-ring (bicyclic) bond motifs is 6. The number of rotatable bonds is 8. The second-order valence-corrected chi connectivity index (χ2v) is 16.0. The molecule has 2 saturated heterocycles. The van der Waals surface area contributed by atoms with Crippen LogP contribution in [0, 0.1) is 5.82 Å². The summed E-state index contributed by atoms with van der Waals surface area (Å²) in [7, 11) is -2.30. The van der Waals surface area contributed by atoms with E-state index in [-0.39, 0.29) is 41.7 Å². The number of amides is 1. The normalized spacial score (nSPS) is 18.1. The lowest BCUT2D eigenvalue weighted by molar-refractivity contribution is 0.0122. The van der Waals surface area contributed by atoms with Crippen LogP contribution in [0.1, 0.15) is 53.0 Å². The maximum absolute atomic E-state index is 15.3. The van der Waals surface area contributed by atoms with Crippen LogP contribution in [0.3, 0.4) is 0 Å². The summed E-state index contributed by atoms with van der Waals surface area (Å²) in [6.07, 6.45) is 3.34. The van der Waals surface area contributed by atoms with Gasteiger partial charge in [0.1, 0.15) is 23.0 Å². The van der Waals surface area contributed by atoms with Gasteiger partial charge in [-0.05, 0) is 86.7 Å². The number of carbonyl (C=O) groups is 1. The highest BCUT2D eigenvalue weighted by molar-refractivity contribution is 7.91. The first-order valence-corrected chi connectivity index (χ1v) is 18.5. The van der Waals surface area contributed by atoms with Crippen LogP contribution in [0.15, 0.2) is 47.8 Å². The van der Waals surface area contributed by atoms with Crippen molar-refractivity contribution in [2.24, 2.45) is 0 Å². The number of piperazine rings is 1. The molecule has 2 unspecified atom stereocenters. The zero-order valence-electron chi connectivity index (χ0n) is 29.1. The average molecular weight is 705 g/mol. The number of methoxy groups -OCH3 is 1. The Morgan fingerprint density at radius 3 is 2.42 bits per heavy atom. The van der Waals surface area contributed by atoms with E-state index in [1.807, 2.05) is 50.8 Å². The van der Waals surface area contributed by atoms with Gasteiger partial charge in [-0.15, -0.1) is 0 Å². The van der Waals surface area contributed by atoms with Gasteiger partial charge in [-0.25, -0.2) is 32.1 Å². The van der Waals surface area contributed by atoms with Gasteiger partial charge < -0.3 is 19.1 Å². The zero-order valence-corrected chi connectivity index (χ0v) is 29.9. The van der Waals surface area contributed by atoms with Gasteiger partial charge in [0, 0.05) is 25.8 Å². The summed E-state index contributed by atoms with van der Waals surface area (Å²) in [5.41, 5.74) is 2.18. The van der Waals surface area contributed by atoms with E-state index >= 15 is 4.39 Å².